The number of rotatable bonds is 8. The third-order valence-corrected chi connectivity index (χ3v) is 4.66. The Bertz CT molecular complexity index is 356. The molecule has 1 rings (SSSR count). The van der Waals surface area contributed by atoms with E-state index < -0.39 is 12.0 Å². The molecule has 0 spiro atoms. The molecule has 6 nitrogen and oxygen atoms in total. The fourth-order valence-corrected chi connectivity index (χ4v) is 2.87. The quantitative estimate of drug-likeness (QED) is 0.673. The number of methoxy groups -OCH3 is 1. The van der Waals surface area contributed by atoms with Gasteiger partial charge in [0.05, 0.1) is 0 Å². The van der Waals surface area contributed by atoms with Crippen molar-refractivity contribution in [3.8, 4) is 0 Å². The SMILES string of the molecule is CCC1(CC)CCN(C(=O)NC(CCCOC)C(=O)O)C1. The number of urea groups is 1. The summed E-state index contributed by atoms with van der Waals surface area (Å²) in [6, 6.07) is -1.10. The van der Waals surface area contributed by atoms with Crippen LogP contribution in [0.1, 0.15) is 46.0 Å². The molecule has 0 radical (unpaired) electrons. The van der Waals surface area contributed by atoms with Crippen LogP contribution in [0.25, 0.3) is 0 Å². The van der Waals surface area contributed by atoms with Gasteiger partial charge in [0.1, 0.15) is 6.04 Å². The molecule has 2 amide bonds. The number of likely N-dealkylation sites (tertiary alicyclic amines) is 1. The lowest BCUT2D eigenvalue weighted by atomic mass is 9.82. The van der Waals surface area contributed by atoms with Gasteiger partial charge in [-0.05, 0) is 37.5 Å². The predicted molar refractivity (Wildman–Crippen MR) is 80.3 cm³/mol. The number of carboxylic acids is 1. The summed E-state index contributed by atoms with van der Waals surface area (Å²) in [5, 5.41) is 11.8. The average Bonchev–Trinajstić information content (AvgIpc) is 2.91. The number of hydrogen-bond acceptors (Lipinski definition) is 3. The molecule has 1 saturated heterocycles. The monoisotopic (exact) mass is 300 g/mol. The Morgan fingerprint density at radius 2 is 2.05 bits per heavy atom. The van der Waals surface area contributed by atoms with E-state index in [0.29, 0.717) is 26.0 Å². The zero-order chi connectivity index (χ0) is 15.9. The van der Waals surface area contributed by atoms with E-state index in [2.05, 4.69) is 19.2 Å². The fraction of sp³-hybridized carbons (Fsp3) is 0.867. The van der Waals surface area contributed by atoms with Gasteiger partial charge in [0, 0.05) is 26.8 Å². The molecule has 1 aliphatic rings. The molecule has 1 unspecified atom stereocenters. The summed E-state index contributed by atoms with van der Waals surface area (Å²) in [7, 11) is 1.58. The first kappa shape index (κ1) is 17.8. The Kier molecular flexibility index (Phi) is 6.95. The number of carbonyl (C=O) groups is 2. The first-order chi connectivity index (χ1) is 9.98. The van der Waals surface area contributed by atoms with Gasteiger partial charge >= 0.3 is 12.0 Å². The Morgan fingerprint density at radius 1 is 1.38 bits per heavy atom. The highest BCUT2D eigenvalue weighted by Crippen LogP contribution is 2.36. The highest BCUT2D eigenvalue weighted by Gasteiger charge is 2.37. The van der Waals surface area contributed by atoms with Gasteiger partial charge in [0.25, 0.3) is 0 Å². The predicted octanol–water partition coefficient (Wildman–Crippen LogP) is 2.09. The lowest BCUT2D eigenvalue weighted by Crippen LogP contribution is -2.47. The number of carbonyl (C=O) groups excluding carboxylic acids is 1. The van der Waals surface area contributed by atoms with Crippen LogP contribution in [0.2, 0.25) is 0 Å². The van der Waals surface area contributed by atoms with Crippen molar-refractivity contribution < 1.29 is 19.4 Å². The van der Waals surface area contributed by atoms with Crippen LogP contribution in [-0.4, -0.2) is 54.9 Å². The second-order valence-corrected chi connectivity index (χ2v) is 5.85. The van der Waals surface area contributed by atoms with E-state index in [4.69, 9.17) is 4.74 Å². The summed E-state index contributed by atoms with van der Waals surface area (Å²) in [5.74, 6) is -0.990. The van der Waals surface area contributed by atoms with Crippen molar-refractivity contribution in [3.63, 3.8) is 0 Å². The van der Waals surface area contributed by atoms with E-state index in [-0.39, 0.29) is 11.4 Å². The number of nitrogens with one attached hydrogen (secondary N) is 1. The normalized spacial score (nSPS) is 18.5. The molecule has 6 heteroatoms. The van der Waals surface area contributed by atoms with E-state index in [1.54, 1.807) is 12.0 Å². The van der Waals surface area contributed by atoms with Crippen LogP contribution >= 0.6 is 0 Å². The Hall–Kier alpha value is -1.30. The highest BCUT2D eigenvalue weighted by atomic mass is 16.5. The number of carboxylic acid groups (broad SMARTS) is 1. The molecule has 2 N–H and O–H groups in total. The van der Waals surface area contributed by atoms with Crippen LogP contribution in [0.4, 0.5) is 4.79 Å². The molecule has 0 aromatic carbocycles. The molecule has 1 atom stereocenters. The number of aliphatic carboxylic acids is 1. The summed E-state index contributed by atoms with van der Waals surface area (Å²) in [4.78, 5) is 25.2. The highest BCUT2D eigenvalue weighted by molar-refractivity contribution is 5.82. The smallest absolute Gasteiger partial charge is 0.326 e. The molecule has 1 heterocycles. The largest absolute Gasteiger partial charge is 0.480 e. The van der Waals surface area contributed by atoms with Gasteiger partial charge < -0.3 is 20.1 Å². The van der Waals surface area contributed by atoms with E-state index in [1.807, 2.05) is 0 Å². The van der Waals surface area contributed by atoms with Crippen molar-refractivity contribution in [2.45, 2.75) is 52.0 Å². The third-order valence-electron chi connectivity index (χ3n) is 4.66. The molecule has 0 aliphatic carbocycles. The summed E-state index contributed by atoms with van der Waals surface area (Å²) in [5.41, 5.74) is 0.201. The first-order valence-corrected chi connectivity index (χ1v) is 7.75. The topological polar surface area (TPSA) is 78.9 Å². The molecular weight excluding hydrogens is 272 g/mol. The lowest BCUT2D eigenvalue weighted by molar-refractivity contribution is -0.139. The van der Waals surface area contributed by atoms with E-state index in [1.165, 1.54) is 0 Å². The minimum absolute atomic E-state index is 0.201. The van der Waals surface area contributed by atoms with Crippen molar-refractivity contribution in [1.82, 2.24) is 10.2 Å². The van der Waals surface area contributed by atoms with Crippen molar-refractivity contribution in [1.29, 1.82) is 0 Å². The first-order valence-electron chi connectivity index (χ1n) is 7.75. The number of hydrogen-bond donors (Lipinski definition) is 2. The van der Waals surface area contributed by atoms with Crippen LogP contribution in [0.15, 0.2) is 0 Å². The second-order valence-electron chi connectivity index (χ2n) is 5.85. The van der Waals surface area contributed by atoms with E-state index in [9.17, 15) is 14.7 Å². The molecule has 21 heavy (non-hydrogen) atoms. The molecule has 0 aromatic heterocycles. The maximum absolute atomic E-state index is 12.2. The lowest BCUT2D eigenvalue weighted by Gasteiger charge is -2.27. The van der Waals surface area contributed by atoms with Crippen molar-refractivity contribution >= 4 is 12.0 Å². The maximum Gasteiger partial charge on any atom is 0.326 e. The van der Waals surface area contributed by atoms with Crippen LogP contribution in [-0.2, 0) is 9.53 Å². The maximum atomic E-state index is 12.2. The third kappa shape index (κ3) is 4.88. The van der Waals surface area contributed by atoms with Crippen LogP contribution in [0, 0.1) is 5.41 Å². The molecule has 0 aromatic rings. The number of amides is 2. The van der Waals surface area contributed by atoms with Gasteiger partial charge in [0.2, 0.25) is 0 Å². The Labute approximate surface area is 126 Å². The fourth-order valence-electron chi connectivity index (χ4n) is 2.87. The minimum Gasteiger partial charge on any atom is -0.480 e. The van der Waals surface area contributed by atoms with Crippen molar-refractivity contribution in [2.75, 3.05) is 26.8 Å². The number of nitrogens with zero attached hydrogens (tertiary/aromatic N) is 1. The Balaban J connectivity index is 2.52. The Morgan fingerprint density at radius 3 is 2.52 bits per heavy atom. The van der Waals surface area contributed by atoms with Crippen molar-refractivity contribution in [3.05, 3.63) is 0 Å². The van der Waals surface area contributed by atoms with Gasteiger partial charge in [-0.25, -0.2) is 9.59 Å². The van der Waals surface area contributed by atoms with Gasteiger partial charge in [0.15, 0.2) is 0 Å². The average molecular weight is 300 g/mol. The summed E-state index contributed by atoms with van der Waals surface area (Å²) >= 11 is 0. The van der Waals surface area contributed by atoms with Crippen LogP contribution in [0.5, 0.6) is 0 Å². The minimum atomic E-state index is -0.990. The van der Waals surface area contributed by atoms with Crippen LogP contribution in [0.3, 0.4) is 0 Å². The summed E-state index contributed by atoms with van der Waals surface area (Å²) in [6.45, 7) is 6.22. The van der Waals surface area contributed by atoms with E-state index in [0.717, 1.165) is 25.8 Å². The molecule has 1 fully saturated rings. The zero-order valence-corrected chi connectivity index (χ0v) is 13.4. The van der Waals surface area contributed by atoms with Gasteiger partial charge in [-0.15, -0.1) is 0 Å². The van der Waals surface area contributed by atoms with Gasteiger partial charge in [-0.3, -0.25) is 0 Å². The number of ether oxygens (including phenoxy) is 1. The molecular formula is C15H28N2O4. The summed E-state index contributed by atoms with van der Waals surface area (Å²) < 4.78 is 4.92. The van der Waals surface area contributed by atoms with Crippen LogP contribution < -0.4 is 5.32 Å². The molecule has 0 bridgehead atoms. The standard InChI is InChI=1S/C15H28N2O4/c1-4-15(5-2)8-9-17(11-15)14(20)16-12(13(18)19)7-6-10-21-3/h12H,4-11H2,1-3H3,(H,16,20)(H,18,19). The second kappa shape index (κ2) is 8.22. The van der Waals surface area contributed by atoms with E-state index >= 15 is 0 Å². The molecule has 1 aliphatic heterocycles. The molecule has 0 saturated carbocycles. The summed E-state index contributed by atoms with van der Waals surface area (Å²) in [6.07, 6.45) is 4.08. The van der Waals surface area contributed by atoms with Gasteiger partial charge in [-0.2, -0.15) is 0 Å². The molecule has 122 valence electrons. The van der Waals surface area contributed by atoms with Gasteiger partial charge in [-0.1, -0.05) is 13.8 Å². The zero-order valence-electron chi connectivity index (χ0n) is 13.4. The van der Waals surface area contributed by atoms with Crippen molar-refractivity contribution in [2.24, 2.45) is 5.41 Å².